The molecule has 0 spiro atoms. The van der Waals surface area contributed by atoms with E-state index in [9.17, 15) is 9.59 Å². The van der Waals surface area contributed by atoms with E-state index in [1.165, 1.54) is 19.3 Å². The highest BCUT2D eigenvalue weighted by molar-refractivity contribution is 5.98. The van der Waals surface area contributed by atoms with Gasteiger partial charge in [-0.1, -0.05) is 26.2 Å². The maximum atomic E-state index is 12.9. The fourth-order valence-corrected chi connectivity index (χ4v) is 5.45. The summed E-state index contributed by atoms with van der Waals surface area (Å²) < 4.78 is 0. The summed E-state index contributed by atoms with van der Waals surface area (Å²) in [5.74, 6) is -0.143. The van der Waals surface area contributed by atoms with Crippen LogP contribution in [0.15, 0.2) is 24.3 Å². The van der Waals surface area contributed by atoms with Gasteiger partial charge in [0.15, 0.2) is 0 Å². The van der Waals surface area contributed by atoms with Gasteiger partial charge in [-0.3, -0.25) is 14.4 Å². The minimum atomic E-state index is -0.185. The van der Waals surface area contributed by atoms with E-state index in [1.54, 1.807) is 24.3 Å². The molecule has 6 heteroatoms. The maximum absolute atomic E-state index is 12.9. The first-order valence-corrected chi connectivity index (χ1v) is 12.3. The number of hydrogen-bond acceptors (Lipinski definition) is 4. The highest BCUT2D eigenvalue weighted by Gasteiger charge is 2.46. The molecule has 3 rings (SSSR count). The van der Waals surface area contributed by atoms with Crippen molar-refractivity contribution in [1.82, 2.24) is 15.7 Å². The molecule has 0 aromatic heterocycles. The van der Waals surface area contributed by atoms with Crippen LogP contribution in [0.1, 0.15) is 107 Å². The summed E-state index contributed by atoms with van der Waals surface area (Å²) in [6, 6.07) is 7.34. The van der Waals surface area contributed by atoms with Gasteiger partial charge in [0, 0.05) is 34.3 Å². The van der Waals surface area contributed by atoms with Crippen LogP contribution in [-0.2, 0) is 4.84 Å². The Morgan fingerprint density at radius 3 is 1.81 bits per heavy atom. The fraction of sp³-hybridized carbons (Fsp3) is 0.692. The molecule has 2 aliphatic rings. The first-order valence-electron chi connectivity index (χ1n) is 12.3. The van der Waals surface area contributed by atoms with Crippen LogP contribution in [0.4, 0.5) is 0 Å². The Bertz CT molecular complexity index is 764. The van der Waals surface area contributed by atoms with Crippen LogP contribution in [0.3, 0.4) is 0 Å². The van der Waals surface area contributed by atoms with Crippen molar-refractivity contribution in [2.24, 2.45) is 0 Å². The summed E-state index contributed by atoms with van der Waals surface area (Å²) in [6.07, 6.45) is 8.33. The topological polar surface area (TPSA) is 70.7 Å². The lowest BCUT2D eigenvalue weighted by Gasteiger charge is -2.53. The van der Waals surface area contributed by atoms with Gasteiger partial charge in [0.05, 0.1) is 6.61 Å². The van der Waals surface area contributed by atoms with Crippen molar-refractivity contribution in [1.29, 1.82) is 0 Å². The van der Waals surface area contributed by atoms with E-state index in [0.29, 0.717) is 17.7 Å². The zero-order chi connectivity index (χ0) is 23.4. The molecule has 6 nitrogen and oxygen atoms in total. The lowest BCUT2D eigenvalue weighted by molar-refractivity contribution is -0.283. The predicted octanol–water partition coefficient (Wildman–Crippen LogP) is 4.84. The third kappa shape index (κ3) is 6.10. The zero-order valence-electron chi connectivity index (χ0n) is 20.5. The van der Waals surface area contributed by atoms with Gasteiger partial charge >= 0.3 is 0 Å². The Hall–Kier alpha value is -1.92. The number of carbonyl (C=O) groups excluding carboxylic acids is 2. The van der Waals surface area contributed by atoms with Crippen molar-refractivity contribution in [2.45, 2.75) is 109 Å². The predicted molar refractivity (Wildman–Crippen MR) is 128 cm³/mol. The van der Waals surface area contributed by atoms with E-state index in [4.69, 9.17) is 4.84 Å². The summed E-state index contributed by atoms with van der Waals surface area (Å²) in [7, 11) is 0. The van der Waals surface area contributed by atoms with Crippen LogP contribution in [0.5, 0.6) is 0 Å². The van der Waals surface area contributed by atoms with Gasteiger partial charge in [0.2, 0.25) is 0 Å². The number of rotatable bonds is 7. The third-order valence-electron chi connectivity index (χ3n) is 6.70. The number of nitrogens with zero attached hydrogens (tertiary/aromatic N) is 1. The van der Waals surface area contributed by atoms with Crippen LogP contribution in [0, 0.1) is 0 Å². The second-order valence-corrected chi connectivity index (χ2v) is 10.7. The minimum Gasteiger partial charge on any atom is -0.349 e. The molecule has 1 heterocycles. The highest BCUT2D eigenvalue weighted by atomic mass is 16.7. The van der Waals surface area contributed by atoms with E-state index in [0.717, 1.165) is 32.1 Å². The number of amides is 2. The molecule has 0 atom stereocenters. The third-order valence-corrected chi connectivity index (χ3v) is 6.70. The Kier molecular flexibility index (Phi) is 7.99. The monoisotopic (exact) mass is 443 g/mol. The van der Waals surface area contributed by atoms with Gasteiger partial charge in [-0.05, 0) is 84.1 Å². The molecule has 32 heavy (non-hydrogen) atoms. The number of hydrogen-bond donors (Lipinski definition) is 2. The molecule has 1 saturated carbocycles. The number of carbonyl (C=O) groups is 2. The van der Waals surface area contributed by atoms with Gasteiger partial charge in [-0.25, -0.2) is 0 Å². The average molecular weight is 444 g/mol. The Morgan fingerprint density at radius 2 is 1.34 bits per heavy atom. The van der Waals surface area contributed by atoms with Gasteiger partial charge < -0.3 is 10.6 Å². The van der Waals surface area contributed by atoms with Crippen molar-refractivity contribution in [3.05, 3.63) is 35.4 Å². The molecule has 2 N–H and O–H groups in total. The summed E-state index contributed by atoms with van der Waals surface area (Å²) in [6.45, 7) is 11.5. The minimum absolute atomic E-state index is 0.0493. The lowest BCUT2D eigenvalue weighted by atomic mass is 9.79. The lowest BCUT2D eigenvalue weighted by Crippen LogP contribution is -2.64. The first kappa shape index (κ1) is 24.7. The molecule has 1 aliphatic carbocycles. The van der Waals surface area contributed by atoms with E-state index in [-0.39, 0.29) is 35.0 Å². The van der Waals surface area contributed by atoms with E-state index < -0.39 is 0 Å². The second kappa shape index (κ2) is 10.3. The van der Waals surface area contributed by atoms with Crippen molar-refractivity contribution < 1.29 is 14.4 Å². The highest BCUT2D eigenvalue weighted by Crippen LogP contribution is 2.38. The van der Waals surface area contributed by atoms with Crippen molar-refractivity contribution in [3.8, 4) is 0 Å². The number of benzene rings is 1. The molecule has 0 bridgehead atoms. The van der Waals surface area contributed by atoms with E-state index in [2.05, 4.69) is 50.3 Å². The van der Waals surface area contributed by atoms with Crippen LogP contribution < -0.4 is 10.6 Å². The second-order valence-electron chi connectivity index (χ2n) is 10.7. The summed E-state index contributed by atoms with van der Waals surface area (Å²) >= 11 is 0. The molecule has 178 valence electrons. The van der Waals surface area contributed by atoms with Crippen LogP contribution in [-0.4, -0.2) is 46.6 Å². The van der Waals surface area contributed by atoms with Crippen molar-refractivity contribution in [3.63, 3.8) is 0 Å². The van der Waals surface area contributed by atoms with Crippen molar-refractivity contribution in [2.75, 3.05) is 6.61 Å². The summed E-state index contributed by atoms with van der Waals surface area (Å²) in [5.41, 5.74) is 0.821. The Balaban J connectivity index is 1.59. The van der Waals surface area contributed by atoms with Gasteiger partial charge in [-0.15, -0.1) is 0 Å². The molecule has 1 saturated heterocycles. The maximum Gasteiger partial charge on any atom is 0.251 e. The molecule has 2 amide bonds. The van der Waals surface area contributed by atoms with E-state index in [1.807, 2.05) is 0 Å². The smallest absolute Gasteiger partial charge is 0.251 e. The summed E-state index contributed by atoms with van der Waals surface area (Å²) in [5, 5.41) is 8.46. The molecule has 1 aromatic rings. The van der Waals surface area contributed by atoms with Gasteiger partial charge in [-0.2, -0.15) is 5.06 Å². The molecule has 0 unspecified atom stereocenters. The van der Waals surface area contributed by atoms with Crippen LogP contribution >= 0.6 is 0 Å². The normalized spacial score (nSPS) is 21.8. The van der Waals surface area contributed by atoms with Crippen LogP contribution in [0.2, 0.25) is 0 Å². The quantitative estimate of drug-likeness (QED) is 0.632. The molecule has 1 aliphatic heterocycles. The first-order chi connectivity index (χ1) is 15.1. The molecule has 1 aromatic carbocycles. The average Bonchev–Trinajstić information content (AvgIpc) is 2.73. The fourth-order valence-electron chi connectivity index (χ4n) is 5.45. The van der Waals surface area contributed by atoms with E-state index >= 15 is 0 Å². The molecule has 2 fully saturated rings. The number of nitrogens with one attached hydrogen (secondary N) is 2. The molecular weight excluding hydrogens is 402 g/mol. The zero-order valence-corrected chi connectivity index (χ0v) is 20.5. The van der Waals surface area contributed by atoms with Gasteiger partial charge in [0.25, 0.3) is 11.8 Å². The Morgan fingerprint density at radius 1 is 0.875 bits per heavy atom. The largest absolute Gasteiger partial charge is 0.349 e. The SMILES string of the molecule is CCCON1C(C)(C)CC(NC(=O)c2ccc(C(=O)NC3CCCCC3)cc2)CC1(C)C. The Labute approximate surface area is 193 Å². The molecular formula is C26H41N3O3. The van der Waals surface area contributed by atoms with Crippen molar-refractivity contribution >= 4 is 11.8 Å². The summed E-state index contributed by atoms with van der Waals surface area (Å²) in [4.78, 5) is 31.5. The number of piperidine rings is 1. The molecule has 0 radical (unpaired) electrons. The van der Waals surface area contributed by atoms with Gasteiger partial charge in [0.1, 0.15) is 0 Å². The van der Waals surface area contributed by atoms with Crippen LogP contribution in [0.25, 0.3) is 0 Å². The standard InChI is InChI=1S/C26H41N3O3/c1-6-16-32-29-25(2,3)17-22(18-26(29,4)5)28-24(31)20-14-12-19(13-15-20)23(30)27-21-10-8-7-9-11-21/h12-15,21-22H,6-11,16-18H2,1-5H3,(H,27,30)(H,28,31). The number of hydroxylamine groups is 2.